The molecule has 0 saturated heterocycles. The van der Waals surface area contributed by atoms with Crippen molar-refractivity contribution in [2.75, 3.05) is 5.75 Å². The molecule has 0 heterocycles. The fraction of sp³-hybridized carbons (Fsp3) is 0.500. The summed E-state index contributed by atoms with van der Waals surface area (Å²) in [7, 11) is -3.72. The SMILES string of the molecule is C=CCS(=O)(=O)N[C@H](CCC(N)=O)C(=O)O. The Bertz CT molecular complexity index is 376. The molecule has 92 valence electrons. The van der Waals surface area contributed by atoms with Gasteiger partial charge in [-0.2, -0.15) is 0 Å². The van der Waals surface area contributed by atoms with E-state index in [1.807, 2.05) is 4.72 Å². The second kappa shape index (κ2) is 6.23. The Labute approximate surface area is 93.4 Å². The van der Waals surface area contributed by atoms with Gasteiger partial charge in [-0.05, 0) is 6.42 Å². The smallest absolute Gasteiger partial charge is 0.321 e. The second-order valence-electron chi connectivity index (χ2n) is 3.08. The summed E-state index contributed by atoms with van der Waals surface area (Å²) >= 11 is 0. The van der Waals surface area contributed by atoms with Crippen molar-refractivity contribution in [2.24, 2.45) is 5.73 Å². The molecule has 1 atom stereocenters. The van der Waals surface area contributed by atoms with E-state index >= 15 is 0 Å². The van der Waals surface area contributed by atoms with Crippen molar-refractivity contribution < 1.29 is 23.1 Å². The minimum Gasteiger partial charge on any atom is -0.480 e. The molecule has 8 heteroatoms. The van der Waals surface area contributed by atoms with Gasteiger partial charge in [0.05, 0.1) is 5.75 Å². The number of sulfonamides is 1. The van der Waals surface area contributed by atoms with Crippen molar-refractivity contribution in [3.63, 3.8) is 0 Å². The van der Waals surface area contributed by atoms with E-state index in [0.29, 0.717) is 0 Å². The van der Waals surface area contributed by atoms with Crippen LogP contribution in [0.25, 0.3) is 0 Å². The van der Waals surface area contributed by atoms with Gasteiger partial charge >= 0.3 is 5.97 Å². The summed E-state index contributed by atoms with van der Waals surface area (Å²) in [6, 6.07) is -1.35. The van der Waals surface area contributed by atoms with Crippen molar-refractivity contribution in [1.29, 1.82) is 0 Å². The molecule has 0 aromatic rings. The maximum Gasteiger partial charge on any atom is 0.321 e. The van der Waals surface area contributed by atoms with Crippen LogP contribution in [0.4, 0.5) is 0 Å². The van der Waals surface area contributed by atoms with Gasteiger partial charge in [0, 0.05) is 6.42 Å². The number of amides is 1. The standard InChI is InChI=1S/C8H14N2O5S/c1-2-5-16(14,15)10-6(8(12)13)3-4-7(9)11/h2,6,10H,1,3-5H2,(H2,9,11)(H,12,13)/t6-/m1/s1. The third kappa shape index (κ3) is 6.14. The van der Waals surface area contributed by atoms with Crippen LogP contribution in [0.15, 0.2) is 12.7 Å². The number of hydrogen-bond donors (Lipinski definition) is 3. The number of hydrogen-bond acceptors (Lipinski definition) is 4. The van der Waals surface area contributed by atoms with Gasteiger partial charge in [0.2, 0.25) is 15.9 Å². The van der Waals surface area contributed by atoms with Gasteiger partial charge in [-0.15, -0.1) is 6.58 Å². The summed E-state index contributed by atoms with van der Waals surface area (Å²) < 4.78 is 24.4. The highest BCUT2D eigenvalue weighted by Gasteiger charge is 2.23. The number of aliphatic carboxylic acids is 1. The first-order valence-corrected chi connectivity index (χ1v) is 6.05. The summed E-state index contributed by atoms with van der Waals surface area (Å²) in [5.41, 5.74) is 4.84. The molecule has 0 aliphatic carbocycles. The number of carboxylic acids is 1. The Hall–Kier alpha value is -1.41. The monoisotopic (exact) mass is 250 g/mol. The first-order valence-electron chi connectivity index (χ1n) is 4.40. The molecular formula is C8H14N2O5S. The summed E-state index contributed by atoms with van der Waals surface area (Å²) in [6.07, 6.45) is 0.754. The van der Waals surface area contributed by atoms with Gasteiger partial charge in [-0.25, -0.2) is 13.1 Å². The Morgan fingerprint density at radius 1 is 1.50 bits per heavy atom. The number of carbonyl (C=O) groups excluding carboxylic acids is 1. The Morgan fingerprint density at radius 3 is 2.44 bits per heavy atom. The van der Waals surface area contributed by atoms with Crippen molar-refractivity contribution >= 4 is 21.9 Å². The highest BCUT2D eigenvalue weighted by Crippen LogP contribution is 2.00. The Morgan fingerprint density at radius 2 is 2.06 bits per heavy atom. The molecule has 0 saturated carbocycles. The van der Waals surface area contributed by atoms with E-state index in [0.717, 1.165) is 6.08 Å². The van der Waals surface area contributed by atoms with Crippen LogP contribution in [0.5, 0.6) is 0 Å². The van der Waals surface area contributed by atoms with Crippen LogP contribution in [-0.2, 0) is 19.6 Å². The van der Waals surface area contributed by atoms with Crippen LogP contribution in [0, 0.1) is 0 Å². The number of carboxylic acid groups (broad SMARTS) is 1. The molecule has 16 heavy (non-hydrogen) atoms. The molecule has 0 aromatic carbocycles. The minimum absolute atomic E-state index is 0.180. The number of carbonyl (C=O) groups is 2. The molecule has 1 amide bonds. The molecule has 0 aromatic heterocycles. The van der Waals surface area contributed by atoms with Crippen LogP contribution in [-0.4, -0.2) is 37.2 Å². The molecule has 0 spiro atoms. The van der Waals surface area contributed by atoms with E-state index < -0.39 is 27.9 Å². The van der Waals surface area contributed by atoms with Crippen molar-refractivity contribution in [3.05, 3.63) is 12.7 Å². The normalized spacial score (nSPS) is 13.0. The van der Waals surface area contributed by atoms with E-state index in [4.69, 9.17) is 10.8 Å². The maximum atomic E-state index is 11.2. The predicted octanol–water partition coefficient (Wildman–Crippen LogP) is -1.19. The highest BCUT2D eigenvalue weighted by molar-refractivity contribution is 7.89. The van der Waals surface area contributed by atoms with Gasteiger partial charge in [0.1, 0.15) is 6.04 Å². The quantitative estimate of drug-likeness (QED) is 0.467. The van der Waals surface area contributed by atoms with Crippen LogP contribution in [0.2, 0.25) is 0 Å². The first kappa shape index (κ1) is 14.6. The molecule has 7 nitrogen and oxygen atoms in total. The third-order valence-corrected chi connectivity index (χ3v) is 2.95. The van der Waals surface area contributed by atoms with Crippen LogP contribution >= 0.6 is 0 Å². The largest absolute Gasteiger partial charge is 0.480 e. The Kier molecular flexibility index (Phi) is 5.68. The number of nitrogens with one attached hydrogen (secondary N) is 1. The van der Waals surface area contributed by atoms with Crippen LogP contribution in [0.3, 0.4) is 0 Å². The lowest BCUT2D eigenvalue weighted by Gasteiger charge is -2.12. The molecule has 0 aliphatic rings. The second-order valence-corrected chi connectivity index (χ2v) is 4.88. The Balaban J connectivity index is 4.51. The number of rotatable bonds is 8. The van der Waals surface area contributed by atoms with Crippen LogP contribution < -0.4 is 10.5 Å². The zero-order valence-corrected chi connectivity index (χ0v) is 9.37. The maximum absolute atomic E-state index is 11.2. The van der Waals surface area contributed by atoms with E-state index in [1.54, 1.807) is 0 Å². The number of nitrogens with two attached hydrogens (primary N) is 1. The zero-order valence-electron chi connectivity index (χ0n) is 8.55. The molecule has 0 radical (unpaired) electrons. The van der Waals surface area contributed by atoms with Gasteiger partial charge in [0.15, 0.2) is 0 Å². The van der Waals surface area contributed by atoms with Crippen LogP contribution in [0.1, 0.15) is 12.8 Å². The lowest BCUT2D eigenvalue weighted by molar-refractivity contribution is -0.139. The predicted molar refractivity (Wildman–Crippen MR) is 57.0 cm³/mol. The third-order valence-electron chi connectivity index (χ3n) is 1.64. The van der Waals surface area contributed by atoms with Gasteiger partial charge in [-0.1, -0.05) is 6.08 Å². The molecule has 4 N–H and O–H groups in total. The summed E-state index contributed by atoms with van der Waals surface area (Å²) in [5, 5.41) is 8.71. The highest BCUT2D eigenvalue weighted by atomic mass is 32.2. The van der Waals surface area contributed by atoms with Crippen molar-refractivity contribution in [3.8, 4) is 0 Å². The fourth-order valence-electron chi connectivity index (χ4n) is 0.939. The lowest BCUT2D eigenvalue weighted by atomic mass is 10.2. The first-order chi connectivity index (χ1) is 7.28. The minimum atomic E-state index is -3.72. The molecule has 0 rings (SSSR count). The average Bonchev–Trinajstić information content (AvgIpc) is 2.11. The van der Waals surface area contributed by atoms with E-state index in [2.05, 4.69) is 6.58 Å². The fourth-order valence-corrected chi connectivity index (χ4v) is 2.00. The summed E-state index contributed by atoms with van der Waals surface area (Å²) in [5.74, 6) is -2.42. The van der Waals surface area contributed by atoms with Crippen molar-refractivity contribution in [2.45, 2.75) is 18.9 Å². The van der Waals surface area contributed by atoms with Gasteiger partial charge < -0.3 is 10.8 Å². The number of primary amides is 1. The lowest BCUT2D eigenvalue weighted by Crippen LogP contribution is -2.42. The molecular weight excluding hydrogens is 236 g/mol. The average molecular weight is 250 g/mol. The van der Waals surface area contributed by atoms with E-state index in [1.165, 1.54) is 0 Å². The molecule has 0 fully saturated rings. The zero-order chi connectivity index (χ0) is 12.8. The van der Waals surface area contributed by atoms with Gasteiger partial charge in [0.25, 0.3) is 0 Å². The van der Waals surface area contributed by atoms with Gasteiger partial charge in [-0.3, -0.25) is 9.59 Å². The van der Waals surface area contributed by atoms with E-state index in [9.17, 15) is 18.0 Å². The topological polar surface area (TPSA) is 127 Å². The molecule has 0 unspecified atom stereocenters. The molecule has 0 bridgehead atoms. The summed E-state index contributed by atoms with van der Waals surface area (Å²) in [4.78, 5) is 21.1. The van der Waals surface area contributed by atoms with E-state index in [-0.39, 0.29) is 18.6 Å². The van der Waals surface area contributed by atoms with Crippen molar-refractivity contribution in [1.82, 2.24) is 4.72 Å². The molecule has 0 aliphatic heterocycles. The summed E-state index contributed by atoms with van der Waals surface area (Å²) in [6.45, 7) is 3.23.